The van der Waals surface area contributed by atoms with Gasteiger partial charge in [0.2, 0.25) is 0 Å². The van der Waals surface area contributed by atoms with Crippen LogP contribution in [0.1, 0.15) is 52.9 Å². The second-order valence-corrected chi connectivity index (χ2v) is 6.59. The van der Waals surface area contributed by atoms with Crippen LogP contribution in [0.5, 0.6) is 0 Å². The molecule has 1 aliphatic heterocycles. The predicted octanol–water partition coefficient (Wildman–Crippen LogP) is 2.65. The molecule has 5 heteroatoms. The molecular weight excluding hydrogens is 302 g/mol. The molecule has 24 heavy (non-hydrogen) atoms. The van der Waals surface area contributed by atoms with Crippen LogP contribution in [0.25, 0.3) is 0 Å². The van der Waals surface area contributed by atoms with Crippen LogP contribution >= 0.6 is 0 Å². The summed E-state index contributed by atoms with van der Waals surface area (Å²) in [7, 11) is 0. The minimum Gasteiger partial charge on any atom is -0.371 e. The molecule has 0 unspecified atom stereocenters. The summed E-state index contributed by atoms with van der Waals surface area (Å²) in [6.45, 7) is 3.56. The maximum absolute atomic E-state index is 12.8. The number of nitrogens with zero attached hydrogens (tertiary/aromatic N) is 2. The molecule has 1 aliphatic carbocycles. The molecule has 1 aromatic heterocycles. The molecule has 0 spiro atoms. The Morgan fingerprint density at radius 2 is 2.33 bits per heavy atom. The van der Waals surface area contributed by atoms with E-state index in [0.717, 1.165) is 43.4 Å². The molecule has 1 fully saturated rings. The fourth-order valence-corrected chi connectivity index (χ4v) is 3.84. The van der Waals surface area contributed by atoms with Gasteiger partial charge in [-0.25, -0.2) is 0 Å². The molecule has 1 N–H and O–H groups in total. The number of aromatic nitrogens is 2. The van der Waals surface area contributed by atoms with Gasteiger partial charge in [-0.2, -0.15) is 5.10 Å². The molecule has 5 nitrogen and oxygen atoms in total. The van der Waals surface area contributed by atoms with Crippen LogP contribution in [0, 0.1) is 0 Å². The van der Waals surface area contributed by atoms with Gasteiger partial charge < -0.3 is 10.1 Å². The predicted molar refractivity (Wildman–Crippen MR) is 90.9 cm³/mol. The van der Waals surface area contributed by atoms with E-state index in [9.17, 15) is 4.79 Å². The fraction of sp³-hybridized carbons (Fsp3) is 0.474. The Kier molecular flexibility index (Phi) is 4.10. The summed E-state index contributed by atoms with van der Waals surface area (Å²) in [5, 5.41) is 7.52. The molecule has 0 saturated carbocycles. The van der Waals surface area contributed by atoms with Gasteiger partial charge in [0.1, 0.15) is 6.10 Å². The summed E-state index contributed by atoms with van der Waals surface area (Å²) >= 11 is 0. The molecule has 2 aromatic rings. The van der Waals surface area contributed by atoms with Crippen molar-refractivity contribution in [3.63, 3.8) is 0 Å². The third-order valence-electron chi connectivity index (χ3n) is 5.10. The number of amides is 1. The van der Waals surface area contributed by atoms with E-state index in [0.29, 0.717) is 6.61 Å². The minimum absolute atomic E-state index is 0.00395. The van der Waals surface area contributed by atoms with Crippen molar-refractivity contribution in [3.05, 3.63) is 52.8 Å². The van der Waals surface area contributed by atoms with Crippen molar-refractivity contribution >= 4 is 5.91 Å². The van der Waals surface area contributed by atoms with Crippen molar-refractivity contribution in [2.24, 2.45) is 0 Å². The van der Waals surface area contributed by atoms with Gasteiger partial charge in [0, 0.05) is 30.5 Å². The van der Waals surface area contributed by atoms with Crippen LogP contribution in [0.3, 0.4) is 0 Å². The highest BCUT2D eigenvalue weighted by molar-refractivity contribution is 5.96. The molecule has 0 radical (unpaired) electrons. The van der Waals surface area contributed by atoms with E-state index in [-0.39, 0.29) is 18.1 Å². The second kappa shape index (κ2) is 6.40. The zero-order chi connectivity index (χ0) is 16.5. The summed E-state index contributed by atoms with van der Waals surface area (Å²) in [5.41, 5.74) is 4.42. The van der Waals surface area contributed by atoms with Crippen LogP contribution in [0.4, 0.5) is 0 Å². The highest BCUT2D eigenvalue weighted by atomic mass is 16.5. The molecule has 1 aromatic carbocycles. The third kappa shape index (κ3) is 2.73. The average molecular weight is 325 g/mol. The zero-order valence-corrected chi connectivity index (χ0v) is 14.0. The van der Waals surface area contributed by atoms with Gasteiger partial charge in [0.15, 0.2) is 0 Å². The number of fused-ring (bicyclic) bond motifs is 1. The summed E-state index contributed by atoms with van der Waals surface area (Å²) in [6, 6.07) is 6.08. The molecule has 2 heterocycles. The number of aryl methyl sites for hydroxylation is 2. The minimum atomic E-state index is -0.106. The summed E-state index contributed by atoms with van der Waals surface area (Å²) in [4.78, 5) is 12.8. The van der Waals surface area contributed by atoms with Gasteiger partial charge in [0.25, 0.3) is 5.91 Å². The molecule has 1 amide bonds. The first kappa shape index (κ1) is 15.4. The maximum Gasteiger partial charge on any atom is 0.251 e. The Hall–Kier alpha value is -2.14. The lowest BCUT2D eigenvalue weighted by Crippen LogP contribution is -2.37. The lowest BCUT2D eigenvalue weighted by molar-refractivity contribution is 0.0820. The monoisotopic (exact) mass is 325 g/mol. The molecule has 1 saturated heterocycles. The van der Waals surface area contributed by atoms with E-state index in [2.05, 4.69) is 23.4 Å². The number of carbonyl (C=O) groups excluding carboxylic acids is 1. The Bertz CT molecular complexity index is 753. The van der Waals surface area contributed by atoms with Crippen molar-refractivity contribution in [2.75, 3.05) is 6.61 Å². The van der Waals surface area contributed by atoms with Gasteiger partial charge in [-0.05, 0) is 49.8 Å². The number of ether oxygens (including phenoxy) is 1. The van der Waals surface area contributed by atoms with Crippen molar-refractivity contribution in [3.8, 4) is 0 Å². The Balaban J connectivity index is 1.52. The van der Waals surface area contributed by atoms with Crippen LogP contribution < -0.4 is 5.32 Å². The molecule has 2 atom stereocenters. The normalized spacial score (nSPS) is 22.5. The third-order valence-corrected chi connectivity index (χ3v) is 5.10. The van der Waals surface area contributed by atoms with E-state index in [1.54, 1.807) is 0 Å². The Morgan fingerprint density at radius 1 is 1.42 bits per heavy atom. The summed E-state index contributed by atoms with van der Waals surface area (Å²) < 4.78 is 7.76. The van der Waals surface area contributed by atoms with Crippen LogP contribution in [-0.4, -0.2) is 28.3 Å². The van der Waals surface area contributed by atoms with E-state index in [4.69, 9.17) is 4.74 Å². The summed E-state index contributed by atoms with van der Waals surface area (Å²) in [6.07, 6.45) is 7.82. The molecule has 4 rings (SSSR count). The second-order valence-electron chi connectivity index (χ2n) is 6.59. The highest BCUT2D eigenvalue weighted by Crippen LogP contribution is 2.30. The van der Waals surface area contributed by atoms with Crippen LogP contribution in [0.2, 0.25) is 0 Å². The summed E-state index contributed by atoms with van der Waals surface area (Å²) in [5.74, 6) is 0.0251. The quantitative estimate of drug-likeness (QED) is 0.940. The van der Waals surface area contributed by atoms with E-state index in [1.807, 2.05) is 29.2 Å². The molecule has 0 bridgehead atoms. The smallest absolute Gasteiger partial charge is 0.251 e. The van der Waals surface area contributed by atoms with E-state index >= 15 is 0 Å². The highest BCUT2D eigenvalue weighted by Gasteiger charge is 2.32. The molecular formula is C19H23N3O2. The first-order valence-electron chi connectivity index (χ1n) is 8.82. The lowest BCUT2D eigenvalue weighted by atomic mass is 10.0. The zero-order valence-electron chi connectivity index (χ0n) is 14.0. The van der Waals surface area contributed by atoms with Crippen molar-refractivity contribution in [1.29, 1.82) is 0 Å². The molecule has 126 valence electrons. The van der Waals surface area contributed by atoms with Crippen molar-refractivity contribution in [2.45, 2.75) is 51.3 Å². The van der Waals surface area contributed by atoms with Gasteiger partial charge in [0.05, 0.1) is 12.2 Å². The van der Waals surface area contributed by atoms with E-state index in [1.165, 1.54) is 11.1 Å². The first-order valence-corrected chi connectivity index (χ1v) is 8.82. The number of nitrogens with one attached hydrogen (secondary N) is 1. The van der Waals surface area contributed by atoms with Gasteiger partial charge >= 0.3 is 0 Å². The standard InChI is InChI=1S/C19H23N3O2/c1-2-22-12-14(11-20-22)18-17(9-10-24-18)21-19(23)16-8-4-6-13-5-3-7-15(13)16/h4,6,8,11-12,17-18H,2-3,5,7,9-10H2,1H3,(H,21,23)/t17-,18+/m0/s1. The number of hydrogen-bond donors (Lipinski definition) is 1. The number of hydrogen-bond acceptors (Lipinski definition) is 3. The van der Waals surface area contributed by atoms with E-state index < -0.39 is 0 Å². The fourth-order valence-electron chi connectivity index (χ4n) is 3.84. The van der Waals surface area contributed by atoms with Gasteiger partial charge in [-0.1, -0.05) is 12.1 Å². The van der Waals surface area contributed by atoms with Crippen LogP contribution in [-0.2, 0) is 24.1 Å². The van der Waals surface area contributed by atoms with Crippen molar-refractivity contribution < 1.29 is 9.53 Å². The van der Waals surface area contributed by atoms with Gasteiger partial charge in [-0.3, -0.25) is 9.48 Å². The maximum atomic E-state index is 12.8. The first-order chi connectivity index (χ1) is 11.8. The number of rotatable bonds is 4. The number of carbonyl (C=O) groups is 1. The van der Waals surface area contributed by atoms with Crippen LogP contribution in [0.15, 0.2) is 30.6 Å². The van der Waals surface area contributed by atoms with Crippen molar-refractivity contribution in [1.82, 2.24) is 15.1 Å². The topological polar surface area (TPSA) is 56.1 Å². The molecule has 2 aliphatic rings. The van der Waals surface area contributed by atoms with Gasteiger partial charge in [-0.15, -0.1) is 0 Å². The Labute approximate surface area is 142 Å². The number of benzene rings is 1. The lowest BCUT2D eigenvalue weighted by Gasteiger charge is -2.19. The average Bonchev–Trinajstić information content (AvgIpc) is 3.33. The Morgan fingerprint density at radius 3 is 3.17 bits per heavy atom. The SMILES string of the molecule is CCn1cc([C@H]2OCC[C@@H]2NC(=O)c2cccc3c2CCC3)cn1. The largest absolute Gasteiger partial charge is 0.371 e.